The van der Waals surface area contributed by atoms with Crippen LogP contribution in [0.2, 0.25) is 5.02 Å². The first kappa shape index (κ1) is 15.0. The molecule has 1 aromatic carbocycles. The van der Waals surface area contributed by atoms with Gasteiger partial charge in [-0.1, -0.05) is 18.5 Å². The number of halogens is 1. The van der Waals surface area contributed by atoms with Crippen LogP contribution >= 0.6 is 11.6 Å². The van der Waals surface area contributed by atoms with Crippen molar-refractivity contribution in [3.63, 3.8) is 0 Å². The molecule has 1 aromatic rings. The lowest BCUT2D eigenvalue weighted by Crippen LogP contribution is -2.14. The second kappa shape index (κ2) is 6.75. The summed E-state index contributed by atoms with van der Waals surface area (Å²) < 4.78 is 11.2. The molecule has 0 bridgehead atoms. The number of aromatic carboxylic acids is 1. The van der Waals surface area contributed by atoms with Crippen molar-refractivity contribution in [2.24, 2.45) is 0 Å². The molecule has 2 N–H and O–H groups in total. The van der Waals surface area contributed by atoms with E-state index in [1.165, 1.54) is 6.07 Å². The molecule has 0 spiro atoms. The molecule has 18 heavy (non-hydrogen) atoms. The molecule has 0 aliphatic heterocycles. The summed E-state index contributed by atoms with van der Waals surface area (Å²) in [4.78, 5) is 10.8. The van der Waals surface area contributed by atoms with Gasteiger partial charge in [-0.15, -0.1) is 0 Å². The number of nitrogens with one attached hydrogen (secondary N) is 1. The van der Waals surface area contributed by atoms with Crippen LogP contribution in [0.5, 0.6) is 0 Å². The van der Waals surface area contributed by atoms with Crippen LogP contribution in [0.1, 0.15) is 23.7 Å². The normalized spacial score (nSPS) is 13.9. The van der Waals surface area contributed by atoms with Crippen LogP contribution in [-0.2, 0) is 10.8 Å². The molecule has 0 radical (unpaired) electrons. The summed E-state index contributed by atoms with van der Waals surface area (Å²) in [5, 5.41) is 12.3. The molecule has 0 aliphatic carbocycles. The third-order valence-electron chi connectivity index (χ3n) is 2.65. The molecule has 2 unspecified atom stereocenters. The van der Waals surface area contributed by atoms with Gasteiger partial charge in [0.15, 0.2) is 0 Å². The highest BCUT2D eigenvalue weighted by Gasteiger charge is 2.09. The van der Waals surface area contributed by atoms with Gasteiger partial charge in [0.1, 0.15) is 0 Å². The van der Waals surface area contributed by atoms with E-state index in [1.807, 2.05) is 6.92 Å². The van der Waals surface area contributed by atoms with Crippen molar-refractivity contribution in [2.75, 3.05) is 18.1 Å². The molecule has 0 aliphatic rings. The molecule has 0 fully saturated rings. The first-order valence-corrected chi connectivity index (χ1v) is 7.50. The molecule has 1 rings (SSSR count). The van der Waals surface area contributed by atoms with Crippen LogP contribution in [0, 0.1) is 0 Å². The number of carbonyl (C=O) groups is 1. The van der Waals surface area contributed by atoms with Crippen molar-refractivity contribution in [2.45, 2.75) is 18.6 Å². The molecule has 6 heteroatoms. The molecule has 100 valence electrons. The molecular formula is C12H16ClNO3S. The van der Waals surface area contributed by atoms with Gasteiger partial charge in [-0.05, 0) is 24.6 Å². The molecule has 0 saturated heterocycles. The molecule has 0 saturated carbocycles. The average molecular weight is 290 g/mol. The summed E-state index contributed by atoms with van der Waals surface area (Å²) in [5.41, 5.74) is 0.851. The van der Waals surface area contributed by atoms with Gasteiger partial charge in [-0.2, -0.15) is 0 Å². The summed E-state index contributed by atoms with van der Waals surface area (Å²) in [5.74, 6) is -1.04. The number of rotatable bonds is 6. The van der Waals surface area contributed by atoms with Crippen molar-refractivity contribution >= 4 is 34.1 Å². The van der Waals surface area contributed by atoms with E-state index in [9.17, 15) is 9.00 Å². The molecule has 2 atom stereocenters. The molecule has 0 heterocycles. The fraction of sp³-hybridized carbons (Fsp3) is 0.417. The van der Waals surface area contributed by atoms with Gasteiger partial charge in [0.2, 0.25) is 0 Å². The second-order valence-corrected chi connectivity index (χ2v) is 6.23. The minimum atomic E-state index is -1.04. The summed E-state index contributed by atoms with van der Waals surface area (Å²) in [6, 6.07) is 4.72. The van der Waals surface area contributed by atoms with Crippen molar-refractivity contribution < 1.29 is 14.1 Å². The number of carboxylic acid groups (broad SMARTS) is 1. The lowest BCUT2D eigenvalue weighted by Gasteiger charge is -2.11. The Morgan fingerprint density at radius 3 is 2.72 bits per heavy atom. The van der Waals surface area contributed by atoms with Gasteiger partial charge >= 0.3 is 5.97 Å². The average Bonchev–Trinajstić information content (AvgIpc) is 2.28. The van der Waals surface area contributed by atoms with Gasteiger partial charge in [0, 0.05) is 34.5 Å². The minimum Gasteiger partial charge on any atom is -0.478 e. The van der Waals surface area contributed by atoms with Crippen LogP contribution in [0.3, 0.4) is 0 Å². The largest absolute Gasteiger partial charge is 0.478 e. The Hall–Kier alpha value is -1.07. The van der Waals surface area contributed by atoms with Crippen LogP contribution in [0.15, 0.2) is 18.2 Å². The fourth-order valence-electron chi connectivity index (χ4n) is 1.38. The van der Waals surface area contributed by atoms with Gasteiger partial charge < -0.3 is 10.4 Å². The van der Waals surface area contributed by atoms with E-state index in [-0.39, 0.29) is 15.8 Å². The van der Waals surface area contributed by atoms with Gasteiger partial charge in [-0.25, -0.2) is 4.79 Å². The first-order valence-electron chi connectivity index (χ1n) is 5.50. The van der Waals surface area contributed by atoms with Crippen LogP contribution in [-0.4, -0.2) is 33.3 Å². The molecule has 0 amide bonds. The summed E-state index contributed by atoms with van der Waals surface area (Å²) in [6.07, 6.45) is 2.46. The van der Waals surface area contributed by atoms with E-state index >= 15 is 0 Å². The monoisotopic (exact) mass is 289 g/mol. The standard InChI is InChI=1S/C12H16ClNO3S/c1-8(18(2)17)5-6-14-9-3-4-10(12(15)16)11(13)7-9/h3-4,7-8,14H,5-6H2,1-2H3,(H,15,16). The third kappa shape index (κ3) is 4.31. The van der Waals surface area contributed by atoms with Crippen LogP contribution < -0.4 is 5.32 Å². The van der Waals surface area contributed by atoms with E-state index in [2.05, 4.69) is 5.32 Å². The smallest absolute Gasteiger partial charge is 0.337 e. The number of anilines is 1. The van der Waals surface area contributed by atoms with E-state index in [4.69, 9.17) is 16.7 Å². The number of hydrogen-bond acceptors (Lipinski definition) is 3. The maximum Gasteiger partial charge on any atom is 0.337 e. The zero-order chi connectivity index (χ0) is 13.7. The second-order valence-electron chi connectivity index (χ2n) is 4.02. The zero-order valence-electron chi connectivity index (χ0n) is 10.3. The first-order chi connectivity index (χ1) is 8.41. The summed E-state index contributed by atoms with van der Waals surface area (Å²) in [7, 11) is -0.826. The minimum absolute atomic E-state index is 0.0882. The van der Waals surface area contributed by atoms with Crippen molar-refractivity contribution in [1.29, 1.82) is 0 Å². The maximum absolute atomic E-state index is 11.2. The zero-order valence-corrected chi connectivity index (χ0v) is 11.8. The third-order valence-corrected chi connectivity index (χ3v) is 4.33. The van der Waals surface area contributed by atoms with Gasteiger partial charge in [-0.3, -0.25) is 4.21 Å². The van der Waals surface area contributed by atoms with E-state index in [0.29, 0.717) is 6.54 Å². The van der Waals surface area contributed by atoms with Crippen molar-refractivity contribution in [3.8, 4) is 0 Å². The molecular weight excluding hydrogens is 274 g/mol. The number of carboxylic acids is 1. The molecule has 4 nitrogen and oxygen atoms in total. The Morgan fingerprint density at radius 1 is 1.56 bits per heavy atom. The Balaban J connectivity index is 2.56. The SMILES string of the molecule is CC(CCNc1ccc(C(=O)O)c(Cl)c1)S(C)=O. The summed E-state index contributed by atoms with van der Waals surface area (Å²) >= 11 is 5.85. The van der Waals surface area contributed by atoms with Gasteiger partial charge in [0.25, 0.3) is 0 Å². The van der Waals surface area contributed by atoms with Crippen LogP contribution in [0.4, 0.5) is 5.69 Å². The predicted octanol–water partition coefficient (Wildman–Crippen LogP) is 2.61. The topological polar surface area (TPSA) is 66.4 Å². The lowest BCUT2D eigenvalue weighted by atomic mass is 10.2. The highest BCUT2D eigenvalue weighted by Crippen LogP contribution is 2.21. The Bertz CT molecular complexity index is 465. The Morgan fingerprint density at radius 2 is 2.22 bits per heavy atom. The van der Waals surface area contributed by atoms with Gasteiger partial charge in [0.05, 0.1) is 10.6 Å². The quantitative estimate of drug-likeness (QED) is 0.845. The van der Waals surface area contributed by atoms with Crippen molar-refractivity contribution in [1.82, 2.24) is 0 Å². The Kier molecular flexibility index (Phi) is 5.62. The number of hydrogen-bond donors (Lipinski definition) is 2. The Labute approximate surface area is 114 Å². The van der Waals surface area contributed by atoms with E-state index in [1.54, 1.807) is 18.4 Å². The van der Waals surface area contributed by atoms with E-state index < -0.39 is 16.8 Å². The highest BCUT2D eigenvalue weighted by atomic mass is 35.5. The predicted molar refractivity (Wildman–Crippen MR) is 75.0 cm³/mol. The van der Waals surface area contributed by atoms with E-state index in [0.717, 1.165) is 12.1 Å². The number of benzene rings is 1. The summed E-state index contributed by atoms with van der Waals surface area (Å²) in [6.45, 7) is 2.60. The lowest BCUT2D eigenvalue weighted by molar-refractivity contribution is 0.0697. The van der Waals surface area contributed by atoms with Crippen molar-refractivity contribution in [3.05, 3.63) is 28.8 Å². The molecule has 0 aromatic heterocycles. The van der Waals surface area contributed by atoms with Crippen LogP contribution in [0.25, 0.3) is 0 Å². The maximum atomic E-state index is 11.2. The highest BCUT2D eigenvalue weighted by molar-refractivity contribution is 7.84. The fourth-order valence-corrected chi connectivity index (χ4v) is 2.10.